The van der Waals surface area contributed by atoms with Crippen molar-refractivity contribution in [2.75, 3.05) is 19.9 Å². The summed E-state index contributed by atoms with van der Waals surface area (Å²) >= 11 is 0. The predicted octanol–water partition coefficient (Wildman–Crippen LogP) is 5.93. The van der Waals surface area contributed by atoms with Crippen molar-refractivity contribution in [3.63, 3.8) is 0 Å². The molecule has 2 N–H and O–H groups in total. The average molecular weight is 646 g/mol. The third kappa shape index (κ3) is 4.39. The van der Waals surface area contributed by atoms with Crippen LogP contribution in [0.2, 0.25) is 0 Å². The van der Waals surface area contributed by atoms with Crippen LogP contribution in [0.4, 0.5) is 0 Å². The molecule has 0 aromatic heterocycles. The van der Waals surface area contributed by atoms with Gasteiger partial charge in [0.15, 0.2) is 5.78 Å². The number of fused-ring (bicyclic) bond motifs is 1. The Hall–Kier alpha value is -2.78. The maximum absolute atomic E-state index is 14.7. The summed E-state index contributed by atoms with van der Waals surface area (Å²) in [7, 11) is -2.02. The van der Waals surface area contributed by atoms with Gasteiger partial charge in [-0.2, -0.15) is 4.31 Å². The van der Waals surface area contributed by atoms with E-state index in [9.17, 15) is 23.4 Å². The fraction of sp³-hybridized carbons (Fsp3) is 0.553. The number of ketones is 1. The number of Topliss-reactive ketones (excluding diaryl/α,β-unsaturated/α-hetero) is 1. The molecule has 46 heavy (non-hydrogen) atoms. The van der Waals surface area contributed by atoms with Gasteiger partial charge in [0.05, 0.1) is 25.1 Å². The lowest BCUT2D eigenvalue weighted by molar-refractivity contribution is -0.173. The molecule has 2 aromatic rings. The Bertz CT molecular complexity index is 1700. The van der Waals surface area contributed by atoms with E-state index in [2.05, 4.69) is 32.1 Å². The zero-order valence-corrected chi connectivity index (χ0v) is 28.2. The molecule has 0 radical (unpaired) electrons. The lowest BCUT2D eigenvalue weighted by atomic mass is 9.32. The molecule has 0 saturated heterocycles. The summed E-state index contributed by atoms with van der Waals surface area (Å²) in [5.74, 6) is 0.772. The number of aliphatic hydroxyl groups is 2. The van der Waals surface area contributed by atoms with Crippen molar-refractivity contribution in [2.24, 2.45) is 33.5 Å². The Morgan fingerprint density at radius 3 is 2.26 bits per heavy atom. The second-order valence-electron chi connectivity index (χ2n) is 15.4. The minimum Gasteiger partial charge on any atom is -0.497 e. The predicted molar refractivity (Wildman–Crippen MR) is 178 cm³/mol. The summed E-state index contributed by atoms with van der Waals surface area (Å²) in [6.45, 7) is 4.71. The Morgan fingerprint density at radius 2 is 1.59 bits per heavy atom. The maximum atomic E-state index is 14.7. The van der Waals surface area contributed by atoms with Gasteiger partial charge in [0.1, 0.15) is 5.75 Å². The Kier molecular flexibility index (Phi) is 7.34. The van der Waals surface area contributed by atoms with E-state index in [0.29, 0.717) is 30.6 Å². The minimum absolute atomic E-state index is 0.0110. The van der Waals surface area contributed by atoms with Crippen LogP contribution in [0.3, 0.4) is 0 Å². The van der Waals surface area contributed by atoms with Crippen LogP contribution in [0.1, 0.15) is 74.7 Å². The van der Waals surface area contributed by atoms with E-state index in [1.807, 2.05) is 54.6 Å². The number of benzene rings is 2. The van der Waals surface area contributed by atoms with E-state index in [4.69, 9.17) is 4.74 Å². The lowest BCUT2D eigenvalue weighted by Crippen LogP contribution is -2.67. The molecule has 0 amide bonds. The van der Waals surface area contributed by atoms with Crippen LogP contribution in [0, 0.1) is 33.5 Å². The standard InChI is InChI=1S/C38H47NO6S/c1-34-17-14-28(40)22-36(34)20-21-38(30(23-36)33(41)27-10-12-29(45-3)13-11-27)31(34)15-18-35(2)32(38)16-19-37(35,42)25-39(46(4,43)44)24-26-8-6-5-7-9-26/h5-13,20-21,23,28,31-32,40,42H,14-19,22,24-25H2,1-4H3/t28?,31-,32-,34-,35+,36+,37-,38-/m1/s1. The molecule has 6 aliphatic carbocycles. The molecule has 1 unspecified atom stereocenters. The molecule has 8 rings (SSSR count). The third-order valence-electron chi connectivity index (χ3n) is 13.4. The molecule has 7 nitrogen and oxygen atoms in total. The van der Waals surface area contributed by atoms with Gasteiger partial charge in [-0.3, -0.25) is 4.79 Å². The molecule has 0 heterocycles. The number of allylic oxidation sites excluding steroid dienone is 4. The molecule has 6 aliphatic rings. The largest absolute Gasteiger partial charge is 0.497 e. The molecule has 246 valence electrons. The molecular weight excluding hydrogens is 598 g/mol. The number of nitrogens with zero attached hydrogens (tertiary/aromatic N) is 1. The van der Waals surface area contributed by atoms with Gasteiger partial charge in [-0.25, -0.2) is 8.42 Å². The molecular formula is C38H47NO6S. The van der Waals surface area contributed by atoms with Crippen LogP contribution in [0.15, 0.2) is 78.4 Å². The second kappa shape index (κ2) is 10.6. The minimum atomic E-state index is -3.63. The number of hydrogen-bond acceptors (Lipinski definition) is 6. The molecule has 3 fully saturated rings. The van der Waals surface area contributed by atoms with Crippen LogP contribution in [-0.4, -0.2) is 60.3 Å². The van der Waals surface area contributed by atoms with Gasteiger partial charge in [-0.1, -0.05) is 62.4 Å². The molecule has 2 aromatic carbocycles. The number of carbonyl (C=O) groups is 1. The summed E-state index contributed by atoms with van der Waals surface area (Å²) in [4.78, 5) is 14.7. The van der Waals surface area contributed by atoms with Crippen molar-refractivity contribution in [3.8, 4) is 5.75 Å². The van der Waals surface area contributed by atoms with E-state index in [0.717, 1.165) is 36.8 Å². The van der Waals surface area contributed by atoms with E-state index < -0.39 is 38.0 Å². The highest BCUT2D eigenvalue weighted by Gasteiger charge is 2.74. The van der Waals surface area contributed by atoms with Crippen molar-refractivity contribution < 1.29 is 28.2 Å². The second-order valence-corrected chi connectivity index (χ2v) is 17.4. The maximum Gasteiger partial charge on any atom is 0.211 e. The Labute approximate surface area is 273 Å². The molecule has 8 heteroatoms. The van der Waals surface area contributed by atoms with Gasteiger partial charge in [0.2, 0.25) is 10.0 Å². The number of methoxy groups -OCH3 is 1. The monoisotopic (exact) mass is 645 g/mol. The first-order chi connectivity index (χ1) is 21.7. The van der Waals surface area contributed by atoms with E-state index in [1.54, 1.807) is 7.11 Å². The summed E-state index contributed by atoms with van der Waals surface area (Å²) in [6, 6.07) is 16.8. The van der Waals surface area contributed by atoms with Gasteiger partial charge in [0, 0.05) is 40.5 Å². The molecule has 2 bridgehead atoms. The first-order valence-corrected chi connectivity index (χ1v) is 18.6. The summed E-state index contributed by atoms with van der Waals surface area (Å²) in [5.41, 5.74) is -0.813. The zero-order chi connectivity index (χ0) is 32.8. The highest BCUT2D eigenvalue weighted by Crippen LogP contribution is 2.78. The summed E-state index contributed by atoms with van der Waals surface area (Å²) < 4.78 is 33.2. The number of hydrogen-bond donors (Lipinski definition) is 2. The number of carbonyl (C=O) groups excluding carboxylic acids is 1. The topological polar surface area (TPSA) is 104 Å². The highest BCUT2D eigenvalue weighted by molar-refractivity contribution is 7.88. The van der Waals surface area contributed by atoms with Gasteiger partial charge < -0.3 is 14.9 Å². The van der Waals surface area contributed by atoms with Crippen molar-refractivity contribution in [2.45, 2.75) is 77.0 Å². The van der Waals surface area contributed by atoms with Crippen LogP contribution in [0.5, 0.6) is 5.75 Å². The molecule has 3 saturated carbocycles. The van der Waals surface area contributed by atoms with Gasteiger partial charge in [0.25, 0.3) is 0 Å². The van der Waals surface area contributed by atoms with Crippen LogP contribution in [-0.2, 0) is 16.6 Å². The van der Waals surface area contributed by atoms with E-state index in [-0.39, 0.29) is 36.1 Å². The van der Waals surface area contributed by atoms with Gasteiger partial charge >= 0.3 is 0 Å². The zero-order valence-electron chi connectivity index (χ0n) is 27.4. The highest BCUT2D eigenvalue weighted by atomic mass is 32.2. The van der Waals surface area contributed by atoms with Crippen molar-refractivity contribution in [3.05, 3.63) is 89.5 Å². The fourth-order valence-corrected chi connectivity index (χ4v) is 11.7. The lowest BCUT2D eigenvalue weighted by Gasteiger charge is -2.71. The van der Waals surface area contributed by atoms with Crippen molar-refractivity contribution in [1.29, 1.82) is 0 Å². The van der Waals surface area contributed by atoms with Crippen molar-refractivity contribution >= 4 is 15.8 Å². The SMILES string of the molecule is COc1ccc(C(=O)C2=C[C@@]34C=C[C@@]25[C@@H]2CC[C@@](O)(CN(Cc6ccccc6)S(C)(=O)=O)[C@@]2(C)CC[C@@H]5[C@@]3(C)CCC(O)C4)cc1. The van der Waals surface area contributed by atoms with E-state index in [1.165, 1.54) is 10.6 Å². The number of ether oxygens (including phenoxy) is 1. The molecule has 2 spiro atoms. The molecule has 8 atom stereocenters. The molecule has 0 aliphatic heterocycles. The summed E-state index contributed by atoms with van der Waals surface area (Å²) in [5, 5.41) is 23.7. The van der Waals surface area contributed by atoms with Crippen LogP contribution in [0.25, 0.3) is 0 Å². The van der Waals surface area contributed by atoms with Crippen LogP contribution >= 0.6 is 0 Å². The van der Waals surface area contributed by atoms with Gasteiger partial charge in [-0.05, 0) is 92.0 Å². The van der Waals surface area contributed by atoms with Gasteiger partial charge in [-0.15, -0.1) is 0 Å². The number of aliphatic hydroxyl groups excluding tert-OH is 1. The first-order valence-electron chi connectivity index (χ1n) is 16.7. The fourth-order valence-electron chi connectivity index (χ4n) is 10.9. The normalized spacial score (nSPS) is 39.4. The van der Waals surface area contributed by atoms with Crippen LogP contribution < -0.4 is 4.74 Å². The Balaban J connectivity index is 1.33. The summed E-state index contributed by atoms with van der Waals surface area (Å²) in [6.07, 6.45) is 12.5. The van der Waals surface area contributed by atoms with Crippen molar-refractivity contribution in [1.82, 2.24) is 4.31 Å². The first kappa shape index (κ1) is 31.8. The van der Waals surface area contributed by atoms with E-state index >= 15 is 0 Å². The smallest absolute Gasteiger partial charge is 0.211 e. The number of sulfonamides is 1. The quantitative estimate of drug-likeness (QED) is 0.273. The average Bonchev–Trinajstić information content (AvgIpc) is 3.30. The Morgan fingerprint density at radius 1 is 0.935 bits per heavy atom. The number of rotatable bonds is 8. The third-order valence-corrected chi connectivity index (χ3v) is 14.6.